The van der Waals surface area contributed by atoms with Crippen molar-refractivity contribution in [3.63, 3.8) is 0 Å². The van der Waals surface area contributed by atoms with Crippen molar-refractivity contribution in [2.75, 3.05) is 0 Å². The van der Waals surface area contributed by atoms with Crippen molar-refractivity contribution in [1.29, 1.82) is 0 Å². The highest BCUT2D eigenvalue weighted by atomic mass is 32.2. The van der Waals surface area contributed by atoms with Gasteiger partial charge in [0, 0.05) is 0 Å². The fourth-order valence-electron chi connectivity index (χ4n) is 0.935. The van der Waals surface area contributed by atoms with E-state index >= 15 is 0 Å². The number of carbonyl (C=O) groups is 1. The van der Waals surface area contributed by atoms with E-state index in [-0.39, 0.29) is 17.3 Å². The first-order valence-corrected chi connectivity index (χ1v) is 6.08. The van der Waals surface area contributed by atoms with Crippen LogP contribution in [0.1, 0.15) is 30.2 Å². The predicted molar refractivity (Wildman–Crippen MR) is 53.4 cm³/mol. The van der Waals surface area contributed by atoms with Gasteiger partial charge in [0.2, 0.25) is 5.76 Å². The van der Waals surface area contributed by atoms with Gasteiger partial charge in [-0.05, 0) is 26.0 Å². The van der Waals surface area contributed by atoms with Gasteiger partial charge in [-0.3, -0.25) is 0 Å². The van der Waals surface area contributed by atoms with Gasteiger partial charge in [-0.25, -0.2) is 13.2 Å². The van der Waals surface area contributed by atoms with E-state index in [0.717, 1.165) is 0 Å². The Balaban J connectivity index is 2.87. The minimum absolute atomic E-state index is 0.154. The van der Waals surface area contributed by atoms with Gasteiger partial charge in [-0.2, -0.15) is 0 Å². The summed E-state index contributed by atoms with van der Waals surface area (Å²) in [5.41, 5.74) is 0. The van der Waals surface area contributed by atoms with Crippen molar-refractivity contribution in [2.24, 2.45) is 0 Å². The molecular weight excluding hydrogens is 220 g/mol. The van der Waals surface area contributed by atoms with Gasteiger partial charge in [-0.15, -0.1) is 0 Å². The molecule has 0 fully saturated rings. The molecule has 0 spiro atoms. The third-order valence-corrected chi connectivity index (χ3v) is 4.06. The molecule has 0 bridgehead atoms. The van der Waals surface area contributed by atoms with Gasteiger partial charge >= 0.3 is 5.97 Å². The smallest absolute Gasteiger partial charge is 0.371 e. The van der Waals surface area contributed by atoms with Crippen molar-refractivity contribution in [3.05, 3.63) is 23.7 Å². The highest BCUT2D eigenvalue weighted by Crippen LogP contribution is 2.14. The summed E-state index contributed by atoms with van der Waals surface area (Å²) in [6, 6.07) is 2.61. The maximum atomic E-state index is 11.5. The van der Waals surface area contributed by atoms with Crippen LogP contribution < -0.4 is 0 Å². The molecule has 0 aliphatic rings. The van der Waals surface area contributed by atoms with E-state index in [1.807, 2.05) is 0 Å². The van der Waals surface area contributed by atoms with Crippen LogP contribution in [0.3, 0.4) is 0 Å². The monoisotopic (exact) mass is 232 g/mol. The SMILES string of the molecule is CC(C)S(=O)(=O)Cc1ccc(C(=O)O)o1. The van der Waals surface area contributed by atoms with Gasteiger partial charge in [0.1, 0.15) is 11.5 Å². The molecule has 0 radical (unpaired) electrons. The van der Waals surface area contributed by atoms with Gasteiger partial charge in [0.25, 0.3) is 0 Å². The topological polar surface area (TPSA) is 84.6 Å². The number of sulfone groups is 1. The molecule has 15 heavy (non-hydrogen) atoms. The molecule has 0 aliphatic heterocycles. The lowest BCUT2D eigenvalue weighted by Crippen LogP contribution is -2.15. The lowest BCUT2D eigenvalue weighted by Gasteiger charge is -2.04. The molecule has 1 rings (SSSR count). The standard InChI is InChI=1S/C9H12O5S/c1-6(2)15(12,13)5-7-3-4-8(14-7)9(10)11/h3-4,6H,5H2,1-2H3,(H,10,11). The summed E-state index contributed by atoms with van der Waals surface area (Å²) in [7, 11) is -3.25. The van der Waals surface area contributed by atoms with Crippen LogP contribution in [0, 0.1) is 0 Å². The van der Waals surface area contributed by atoms with Crippen molar-refractivity contribution in [2.45, 2.75) is 24.9 Å². The predicted octanol–water partition coefficient (Wildman–Crippen LogP) is 1.30. The van der Waals surface area contributed by atoms with Crippen molar-refractivity contribution in [3.8, 4) is 0 Å². The molecule has 0 aromatic carbocycles. The summed E-state index contributed by atoms with van der Waals surface area (Å²) in [6.45, 7) is 3.13. The maximum absolute atomic E-state index is 11.5. The first-order chi connectivity index (χ1) is 6.83. The van der Waals surface area contributed by atoms with Crippen LogP contribution in [-0.4, -0.2) is 24.7 Å². The zero-order chi connectivity index (χ0) is 11.6. The molecule has 1 aromatic heterocycles. The largest absolute Gasteiger partial charge is 0.475 e. The summed E-state index contributed by atoms with van der Waals surface area (Å²) < 4.78 is 27.8. The summed E-state index contributed by atoms with van der Waals surface area (Å²) in [4.78, 5) is 10.5. The number of hydrogen-bond acceptors (Lipinski definition) is 4. The van der Waals surface area contributed by atoms with E-state index in [0.29, 0.717) is 0 Å². The molecule has 0 atom stereocenters. The van der Waals surface area contributed by atoms with Gasteiger partial charge in [0.15, 0.2) is 9.84 Å². The summed E-state index contributed by atoms with van der Waals surface area (Å²) >= 11 is 0. The van der Waals surface area contributed by atoms with Crippen LogP contribution >= 0.6 is 0 Å². The molecule has 1 heterocycles. The van der Waals surface area contributed by atoms with E-state index in [4.69, 9.17) is 9.52 Å². The molecule has 0 aliphatic carbocycles. The van der Waals surface area contributed by atoms with Crippen LogP contribution in [0.2, 0.25) is 0 Å². The zero-order valence-corrected chi connectivity index (χ0v) is 9.24. The number of aromatic carboxylic acids is 1. The van der Waals surface area contributed by atoms with Crippen molar-refractivity contribution in [1.82, 2.24) is 0 Å². The molecular formula is C9H12O5S. The molecule has 5 nitrogen and oxygen atoms in total. The second-order valence-electron chi connectivity index (χ2n) is 3.43. The van der Waals surface area contributed by atoms with Crippen LogP contribution in [0.25, 0.3) is 0 Å². The van der Waals surface area contributed by atoms with Crippen LogP contribution in [0.5, 0.6) is 0 Å². The first kappa shape index (κ1) is 11.8. The Kier molecular flexibility index (Phi) is 3.18. The highest BCUT2D eigenvalue weighted by Gasteiger charge is 2.19. The molecule has 1 N–H and O–H groups in total. The lowest BCUT2D eigenvalue weighted by molar-refractivity contribution is 0.0660. The number of carboxylic acid groups (broad SMARTS) is 1. The summed E-state index contributed by atoms with van der Waals surface area (Å²) in [6.07, 6.45) is 0. The minimum Gasteiger partial charge on any atom is -0.475 e. The van der Waals surface area contributed by atoms with E-state index in [1.54, 1.807) is 13.8 Å². The van der Waals surface area contributed by atoms with Crippen molar-refractivity contribution >= 4 is 15.8 Å². The van der Waals surface area contributed by atoms with E-state index in [2.05, 4.69) is 0 Å². The molecule has 84 valence electrons. The summed E-state index contributed by atoms with van der Waals surface area (Å²) in [5.74, 6) is -1.56. The Morgan fingerprint density at radius 2 is 2.07 bits per heavy atom. The normalized spacial score (nSPS) is 11.9. The Labute approximate surface area is 87.6 Å². The van der Waals surface area contributed by atoms with Crippen molar-refractivity contribution < 1.29 is 22.7 Å². The molecule has 0 amide bonds. The molecule has 6 heteroatoms. The fourth-order valence-corrected chi connectivity index (χ4v) is 1.82. The highest BCUT2D eigenvalue weighted by molar-refractivity contribution is 7.91. The number of carboxylic acids is 1. The second-order valence-corrected chi connectivity index (χ2v) is 5.98. The Bertz CT molecular complexity index is 455. The minimum atomic E-state index is -3.25. The number of rotatable bonds is 4. The third-order valence-electron chi connectivity index (χ3n) is 1.93. The summed E-state index contributed by atoms with van der Waals surface area (Å²) in [5, 5.41) is 8.06. The quantitative estimate of drug-likeness (QED) is 0.845. The second kappa shape index (κ2) is 4.06. The van der Waals surface area contributed by atoms with Gasteiger partial charge < -0.3 is 9.52 Å². The van der Waals surface area contributed by atoms with E-state index in [9.17, 15) is 13.2 Å². The van der Waals surface area contributed by atoms with E-state index < -0.39 is 21.1 Å². The molecule has 1 aromatic rings. The van der Waals surface area contributed by atoms with Gasteiger partial charge in [-0.1, -0.05) is 0 Å². The third kappa shape index (κ3) is 2.82. The zero-order valence-electron chi connectivity index (χ0n) is 8.43. The molecule has 0 saturated carbocycles. The van der Waals surface area contributed by atoms with Crippen LogP contribution in [0.15, 0.2) is 16.5 Å². The Hall–Kier alpha value is -1.30. The fraction of sp³-hybridized carbons (Fsp3) is 0.444. The van der Waals surface area contributed by atoms with E-state index in [1.165, 1.54) is 12.1 Å². The average Bonchev–Trinajstić information content (AvgIpc) is 2.51. The first-order valence-electron chi connectivity index (χ1n) is 4.36. The Morgan fingerprint density at radius 1 is 1.47 bits per heavy atom. The number of hydrogen-bond donors (Lipinski definition) is 1. The van der Waals surface area contributed by atoms with Gasteiger partial charge in [0.05, 0.1) is 5.25 Å². The lowest BCUT2D eigenvalue weighted by atomic mass is 10.4. The Morgan fingerprint density at radius 3 is 2.47 bits per heavy atom. The molecule has 0 unspecified atom stereocenters. The maximum Gasteiger partial charge on any atom is 0.371 e. The number of furan rings is 1. The molecule has 0 saturated heterocycles. The average molecular weight is 232 g/mol. The van der Waals surface area contributed by atoms with Crippen LogP contribution in [0.4, 0.5) is 0 Å². The van der Waals surface area contributed by atoms with Crippen LogP contribution in [-0.2, 0) is 15.6 Å².